The minimum absolute atomic E-state index is 0.0432. The van der Waals surface area contributed by atoms with Crippen molar-refractivity contribution in [3.05, 3.63) is 30.4 Å². The van der Waals surface area contributed by atoms with Crippen LogP contribution in [0, 0.1) is 16.2 Å². The number of carbonyl (C=O) groups is 1. The Labute approximate surface area is 178 Å². The van der Waals surface area contributed by atoms with Crippen LogP contribution in [-0.4, -0.2) is 48.3 Å². The van der Waals surface area contributed by atoms with Crippen molar-refractivity contribution >= 4 is 23.5 Å². The number of nitrogens with zero attached hydrogens (tertiary/aromatic N) is 3. The molecule has 0 bridgehead atoms. The first kappa shape index (κ1) is 21.9. The first-order chi connectivity index (χ1) is 14.0. The molecule has 0 aromatic carbocycles. The molecule has 30 heavy (non-hydrogen) atoms. The summed E-state index contributed by atoms with van der Waals surface area (Å²) in [5.74, 6) is 0.0703. The second-order valence-electron chi connectivity index (χ2n) is 9.59. The van der Waals surface area contributed by atoms with Crippen molar-refractivity contribution in [2.24, 2.45) is 10.8 Å². The van der Waals surface area contributed by atoms with Gasteiger partial charge in [-0.25, -0.2) is 0 Å². The van der Waals surface area contributed by atoms with Crippen LogP contribution in [0.1, 0.15) is 52.7 Å². The molecule has 0 aliphatic carbocycles. The van der Waals surface area contributed by atoms with Crippen molar-refractivity contribution < 1.29 is 9.21 Å². The topological polar surface area (TPSA) is 97.5 Å². The molecular weight excluding hydrogens is 380 g/mol. The van der Waals surface area contributed by atoms with Crippen LogP contribution >= 0.6 is 0 Å². The van der Waals surface area contributed by atoms with Crippen molar-refractivity contribution in [3.63, 3.8) is 0 Å². The van der Waals surface area contributed by atoms with Gasteiger partial charge in [0.05, 0.1) is 11.4 Å². The zero-order chi connectivity index (χ0) is 22.1. The number of anilines is 1. The molecular formula is C22H34N6O2. The van der Waals surface area contributed by atoms with E-state index in [1.165, 1.54) is 11.3 Å². The second-order valence-corrected chi connectivity index (χ2v) is 9.59. The quantitative estimate of drug-likeness (QED) is 0.489. The number of oxazole rings is 1. The van der Waals surface area contributed by atoms with Crippen molar-refractivity contribution in [2.75, 3.05) is 31.6 Å². The molecule has 0 radical (unpaired) electrons. The zero-order valence-corrected chi connectivity index (χ0v) is 18.8. The van der Waals surface area contributed by atoms with E-state index in [4.69, 9.17) is 9.83 Å². The van der Waals surface area contributed by atoms with Crippen LogP contribution in [0.2, 0.25) is 0 Å². The molecule has 0 atom stereocenters. The van der Waals surface area contributed by atoms with E-state index in [1.54, 1.807) is 19.5 Å². The second kappa shape index (κ2) is 8.16. The number of hydrogen-bond donors (Lipinski definition) is 3. The Balaban J connectivity index is 1.71. The van der Waals surface area contributed by atoms with Gasteiger partial charge in [-0.2, -0.15) is 4.98 Å². The summed E-state index contributed by atoms with van der Waals surface area (Å²) < 4.78 is 5.73. The molecule has 8 nitrogen and oxygen atoms in total. The van der Waals surface area contributed by atoms with Crippen LogP contribution in [0.3, 0.4) is 0 Å². The van der Waals surface area contributed by atoms with Gasteiger partial charge in [0.2, 0.25) is 5.91 Å². The van der Waals surface area contributed by atoms with E-state index >= 15 is 0 Å². The largest absolute Gasteiger partial charge is 0.431 e. The molecule has 8 heteroatoms. The summed E-state index contributed by atoms with van der Waals surface area (Å²) in [6.45, 7) is 14.8. The highest BCUT2D eigenvalue weighted by Gasteiger charge is 2.41. The smallest absolute Gasteiger partial charge is 0.297 e. The lowest BCUT2D eigenvalue weighted by molar-refractivity contribution is -0.131. The molecule has 1 aromatic heterocycles. The maximum Gasteiger partial charge on any atom is 0.297 e. The standard InChI is InChI=1S/C22H34N6O2/c1-15(17-13-30-20(26-17)27-10-7-8-21(2,3)14-27)25-16(12-24-6)18(23)28-11-9-22(4,5)19(28)29/h12-13,23-25H,1,7-11,14H2,2-6H3/b16-12+,23-18?. The number of carbonyl (C=O) groups excluding carboxylic acids is 1. The van der Waals surface area contributed by atoms with E-state index in [9.17, 15) is 4.79 Å². The predicted molar refractivity (Wildman–Crippen MR) is 119 cm³/mol. The number of aromatic nitrogens is 1. The fraction of sp³-hybridized carbons (Fsp3) is 0.591. The molecule has 2 saturated heterocycles. The average Bonchev–Trinajstić information content (AvgIpc) is 3.26. The fourth-order valence-corrected chi connectivity index (χ4v) is 3.99. The maximum absolute atomic E-state index is 12.6. The molecule has 1 amide bonds. The summed E-state index contributed by atoms with van der Waals surface area (Å²) in [5, 5.41) is 14.6. The molecule has 3 N–H and O–H groups in total. The summed E-state index contributed by atoms with van der Waals surface area (Å²) in [6.07, 6.45) is 6.26. The van der Waals surface area contributed by atoms with Gasteiger partial charge < -0.3 is 20.0 Å². The minimum atomic E-state index is -0.447. The molecule has 0 unspecified atom stereocenters. The van der Waals surface area contributed by atoms with Crippen molar-refractivity contribution in [3.8, 4) is 0 Å². The molecule has 0 spiro atoms. The van der Waals surface area contributed by atoms with Gasteiger partial charge in [-0.15, -0.1) is 0 Å². The van der Waals surface area contributed by atoms with Gasteiger partial charge in [0.1, 0.15) is 12.0 Å². The van der Waals surface area contributed by atoms with Crippen molar-refractivity contribution in [1.82, 2.24) is 20.5 Å². The van der Waals surface area contributed by atoms with E-state index in [0.29, 0.717) is 29.6 Å². The Bertz CT molecular complexity index is 867. The van der Waals surface area contributed by atoms with E-state index in [2.05, 4.69) is 40.9 Å². The summed E-state index contributed by atoms with van der Waals surface area (Å²) >= 11 is 0. The molecule has 2 aliphatic heterocycles. The Morgan fingerprint density at radius 1 is 1.30 bits per heavy atom. The van der Waals surface area contributed by atoms with E-state index in [-0.39, 0.29) is 17.2 Å². The third-order valence-corrected chi connectivity index (χ3v) is 5.86. The van der Waals surface area contributed by atoms with Gasteiger partial charge in [0.15, 0.2) is 5.84 Å². The molecule has 2 aliphatic rings. The highest BCUT2D eigenvalue weighted by atomic mass is 16.4. The maximum atomic E-state index is 12.6. The van der Waals surface area contributed by atoms with Crippen molar-refractivity contribution in [1.29, 1.82) is 5.41 Å². The number of amidine groups is 1. The summed E-state index contributed by atoms with van der Waals surface area (Å²) in [5.41, 5.74) is 1.33. The Kier molecular flexibility index (Phi) is 5.97. The number of piperidine rings is 1. The molecule has 164 valence electrons. The molecule has 3 rings (SSSR count). The van der Waals surface area contributed by atoms with Gasteiger partial charge >= 0.3 is 0 Å². The van der Waals surface area contributed by atoms with Gasteiger partial charge in [-0.3, -0.25) is 15.1 Å². The minimum Gasteiger partial charge on any atom is -0.431 e. The number of likely N-dealkylation sites (tertiary alicyclic amines) is 1. The lowest BCUT2D eigenvalue weighted by Gasteiger charge is -2.37. The third-order valence-electron chi connectivity index (χ3n) is 5.86. The zero-order valence-electron chi connectivity index (χ0n) is 18.8. The number of hydrogen-bond acceptors (Lipinski definition) is 7. The van der Waals surface area contributed by atoms with Crippen LogP contribution in [0.25, 0.3) is 5.70 Å². The van der Waals surface area contributed by atoms with E-state index in [0.717, 1.165) is 25.9 Å². The van der Waals surface area contributed by atoms with E-state index < -0.39 is 5.41 Å². The number of amides is 1. The first-order valence-corrected chi connectivity index (χ1v) is 10.5. The molecule has 2 fully saturated rings. The Morgan fingerprint density at radius 2 is 2.03 bits per heavy atom. The normalized spacial score (nSPS) is 21.0. The Morgan fingerprint density at radius 3 is 2.63 bits per heavy atom. The number of rotatable bonds is 6. The highest BCUT2D eigenvalue weighted by molar-refractivity contribution is 6.08. The van der Waals surface area contributed by atoms with Crippen LogP contribution in [-0.2, 0) is 4.79 Å². The predicted octanol–water partition coefficient (Wildman–Crippen LogP) is 3.16. The van der Waals surface area contributed by atoms with E-state index in [1.807, 2.05) is 13.8 Å². The summed E-state index contributed by atoms with van der Waals surface area (Å²) in [7, 11) is 1.75. The van der Waals surface area contributed by atoms with Gasteiger partial charge in [-0.05, 0) is 24.7 Å². The number of nitrogens with one attached hydrogen (secondary N) is 3. The average molecular weight is 415 g/mol. The van der Waals surface area contributed by atoms with Crippen LogP contribution in [0.4, 0.5) is 6.01 Å². The first-order valence-electron chi connectivity index (χ1n) is 10.5. The Hall–Kier alpha value is -2.77. The molecule has 3 heterocycles. The fourth-order valence-electron chi connectivity index (χ4n) is 3.99. The van der Waals surface area contributed by atoms with Crippen LogP contribution in [0.15, 0.2) is 29.2 Å². The molecule has 0 saturated carbocycles. The highest BCUT2D eigenvalue weighted by Crippen LogP contribution is 2.32. The van der Waals surface area contributed by atoms with Crippen molar-refractivity contribution in [2.45, 2.75) is 47.0 Å². The monoisotopic (exact) mass is 414 g/mol. The SMILES string of the molecule is C=C(N/C(=C/NC)C(=N)N1CCC(C)(C)C1=O)c1coc(N2CCCC(C)(C)C2)n1. The lowest BCUT2D eigenvalue weighted by atomic mass is 9.84. The van der Waals surface area contributed by atoms with Crippen LogP contribution in [0.5, 0.6) is 0 Å². The van der Waals surface area contributed by atoms with Gasteiger partial charge in [-0.1, -0.05) is 34.3 Å². The molecule has 1 aromatic rings. The van der Waals surface area contributed by atoms with Gasteiger partial charge in [0.25, 0.3) is 6.01 Å². The summed E-state index contributed by atoms with van der Waals surface area (Å²) in [6, 6.07) is 0.589. The lowest BCUT2D eigenvalue weighted by Crippen LogP contribution is -2.40. The van der Waals surface area contributed by atoms with Gasteiger partial charge in [0, 0.05) is 38.3 Å². The summed E-state index contributed by atoms with van der Waals surface area (Å²) in [4.78, 5) is 20.9. The third kappa shape index (κ3) is 4.52. The van der Waals surface area contributed by atoms with Crippen LogP contribution < -0.4 is 15.5 Å².